The molecule has 1 aliphatic heterocycles. The van der Waals surface area contributed by atoms with Gasteiger partial charge in [0, 0.05) is 0 Å². The number of halogens is 1. The van der Waals surface area contributed by atoms with Crippen molar-refractivity contribution in [1.29, 1.82) is 0 Å². The molecule has 9 heavy (non-hydrogen) atoms. The van der Waals surface area contributed by atoms with Crippen LogP contribution in [0, 0.1) is 10.1 Å². The predicted molar refractivity (Wildman–Crippen MR) is 25.4 cm³/mol. The Hall–Kier alpha value is -1.40. The Balaban J connectivity index is 2.55. The Morgan fingerprint density at radius 3 is 2.89 bits per heavy atom. The Labute approximate surface area is 49.0 Å². The van der Waals surface area contributed by atoms with Gasteiger partial charge in [-0.25, -0.2) is 5.43 Å². The second kappa shape index (κ2) is 1.84. The monoisotopic (exact) mass is 134 g/mol. The van der Waals surface area contributed by atoms with E-state index in [2.05, 4.69) is 5.10 Å². The summed E-state index contributed by atoms with van der Waals surface area (Å²) in [6.07, 6.45) is -0.849. The van der Waals surface area contributed by atoms with E-state index in [9.17, 15) is 14.6 Å². The van der Waals surface area contributed by atoms with Crippen molar-refractivity contribution in [2.75, 3.05) is 0 Å². The highest BCUT2D eigenvalue weighted by Crippen LogP contribution is 1.99. The molecule has 1 unspecified atom stereocenters. The number of hydrazone groups is 1. The molecule has 1 atom stereocenters. The van der Waals surface area contributed by atoms with Crippen LogP contribution >= 0.6 is 0 Å². The molecular weight excluding hydrogens is 131 g/mol. The highest BCUT2D eigenvalue weighted by Gasteiger charge is 2.30. The number of nitrogens with zero attached hydrogens (tertiary/aromatic N) is 3. The van der Waals surface area contributed by atoms with Gasteiger partial charge < -0.3 is 0 Å². The quantitative estimate of drug-likeness (QED) is 0.292. The molecule has 0 aromatic heterocycles. The molecule has 0 spiro atoms. The number of hydrogen-bond donors (Lipinski definition) is 1. The van der Waals surface area contributed by atoms with Crippen LogP contribution in [0.4, 0.5) is 4.48 Å². The standard InChI is InChI=1S/C2H3FN4O2/c3-6-1-4-5-2(6)7(8)9/h1-2,5H. The van der Waals surface area contributed by atoms with Gasteiger partial charge in [-0.3, -0.25) is 10.1 Å². The fourth-order valence-corrected chi connectivity index (χ4v) is 0.411. The van der Waals surface area contributed by atoms with E-state index >= 15 is 0 Å². The third kappa shape index (κ3) is 0.880. The van der Waals surface area contributed by atoms with Crippen molar-refractivity contribution in [2.24, 2.45) is 5.10 Å². The molecule has 0 aliphatic carbocycles. The zero-order valence-electron chi connectivity index (χ0n) is 4.19. The summed E-state index contributed by atoms with van der Waals surface area (Å²) in [5.74, 6) is 0. The minimum atomic E-state index is -1.55. The lowest BCUT2D eigenvalue weighted by Crippen LogP contribution is -2.38. The largest absolute Gasteiger partial charge is 0.407 e. The summed E-state index contributed by atoms with van der Waals surface area (Å²) in [6, 6.07) is 0. The molecule has 0 bridgehead atoms. The van der Waals surface area contributed by atoms with Gasteiger partial charge in [0.25, 0.3) is 0 Å². The maximum absolute atomic E-state index is 12.0. The molecule has 6 nitrogen and oxygen atoms in total. The molecule has 1 heterocycles. The maximum Gasteiger partial charge on any atom is 0.407 e. The van der Waals surface area contributed by atoms with Crippen LogP contribution in [0.1, 0.15) is 0 Å². The van der Waals surface area contributed by atoms with Gasteiger partial charge in [-0.05, 0) is 0 Å². The molecule has 1 rings (SSSR count). The van der Waals surface area contributed by atoms with Crippen LogP contribution in [-0.2, 0) is 0 Å². The van der Waals surface area contributed by atoms with Crippen molar-refractivity contribution in [3.8, 4) is 0 Å². The van der Waals surface area contributed by atoms with Gasteiger partial charge >= 0.3 is 6.29 Å². The third-order valence-corrected chi connectivity index (χ3v) is 0.791. The van der Waals surface area contributed by atoms with Crippen LogP contribution in [0.3, 0.4) is 0 Å². The fraction of sp³-hybridized carbons (Fsp3) is 0.500. The van der Waals surface area contributed by atoms with Gasteiger partial charge in [-0.15, -0.1) is 5.12 Å². The number of hydrogen-bond acceptors (Lipinski definition) is 5. The van der Waals surface area contributed by atoms with Crippen LogP contribution in [-0.4, -0.2) is 22.7 Å². The third-order valence-electron chi connectivity index (χ3n) is 0.791. The van der Waals surface area contributed by atoms with Crippen LogP contribution < -0.4 is 5.43 Å². The van der Waals surface area contributed by atoms with Crippen molar-refractivity contribution >= 4 is 6.34 Å². The Morgan fingerprint density at radius 1 is 2.00 bits per heavy atom. The Morgan fingerprint density at radius 2 is 2.67 bits per heavy atom. The van der Waals surface area contributed by atoms with Crippen molar-refractivity contribution in [3.05, 3.63) is 10.1 Å². The van der Waals surface area contributed by atoms with E-state index in [-0.39, 0.29) is 5.12 Å². The first-order valence-electron chi connectivity index (χ1n) is 2.08. The maximum atomic E-state index is 12.0. The molecule has 0 aromatic carbocycles. The lowest BCUT2D eigenvalue weighted by molar-refractivity contribution is -0.560. The zero-order valence-corrected chi connectivity index (χ0v) is 4.19. The summed E-state index contributed by atoms with van der Waals surface area (Å²) in [5.41, 5.74) is 1.93. The lowest BCUT2D eigenvalue weighted by atomic mass is 10.9. The summed E-state index contributed by atoms with van der Waals surface area (Å²) in [5, 5.41) is 12.8. The minimum absolute atomic E-state index is 0.125. The summed E-state index contributed by atoms with van der Waals surface area (Å²) >= 11 is 0. The van der Waals surface area contributed by atoms with Gasteiger partial charge in [0.05, 0.1) is 4.92 Å². The molecule has 0 amide bonds. The van der Waals surface area contributed by atoms with Crippen molar-refractivity contribution < 1.29 is 9.40 Å². The normalized spacial score (nSPS) is 24.1. The summed E-state index contributed by atoms with van der Waals surface area (Å²) < 4.78 is 12.0. The smallest absolute Gasteiger partial charge is 0.261 e. The summed E-state index contributed by atoms with van der Waals surface area (Å²) in [6.45, 7) is 0. The van der Waals surface area contributed by atoms with Gasteiger partial charge in [-0.2, -0.15) is 5.10 Å². The minimum Gasteiger partial charge on any atom is -0.261 e. The zero-order chi connectivity index (χ0) is 6.85. The lowest BCUT2D eigenvalue weighted by Gasteiger charge is -2.03. The van der Waals surface area contributed by atoms with Gasteiger partial charge in [0.15, 0.2) is 6.34 Å². The highest BCUT2D eigenvalue weighted by atomic mass is 19.2. The topological polar surface area (TPSA) is 70.8 Å². The van der Waals surface area contributed by atoms with E-state index < -0.39 is 11.2 Å². The van der Waals surface area contributed by atoms with E-state index in [4.69, 9.17) is 0 Å². The van der Waals surface area contributed by atoms with E-state index in [1.807, 2.05) is 5.43 Å². The first kappa shape index (κ1) is 5.73. The van der Waals surface area contributed by atoms with Crippen LogP contribution in [0.2, 0.25) is 0 Å². The van der Waals surface area contributed by atoms with E-state index in [0.717, 1.165) is 0 Å². The molecule has 7 heteroatoms. The highest BCUT2D eigenvalue weighted by molar-refractivity contribution is 5.54. The van der Waals surface area contributed by atoms with Crippen LogP contribution in [0.5, 0.6) is 0 Å². The second-order valence-electron chi connectivity index (χ2n) is 1.38. The molecule has 1 aliphatic rings. The molecule has 0 aromatic rings. The second-order valence-corrected chi connectivity index (χ2v) is 1.38. The number of rotatable bonds is 1. The Kier molecular flexibility index (Phi) is 1.17. The molecule has 0 saturated carbocycles. The van der Waals surface area contributed by atoms with Gasteiger partial charge in [0.1, 0.15) is 0 Å². The summed E-state index contributed by atoms with van der Waals surface area (Å²) in [7, 11) is 0. The number of nitrogens with one attached hydrogen (secondary N) is 1. The van der Waals surface area contributed by atoms with E-state index in [0.29, 0.717) is 6.34 Å². The fourth-order valence-electron chi connectivity index (χ4n) is 0.411. The molecule has 0 fully saturated rings. The van der Waals surface area contributed by atoms with Gasteiger partial charge in [0.2, 0.25) is 0 Å². The van der Waals surface area contributed by atoms with E-state index in [1.54, 1.807) is 0 Å². The van der Waals surface area contributed by atoms with E-state index in [1.165, 1.54) is 0 Å². The summed E-state index contributed by atoms with van der Waals surface area (Å²) in [4.78, 5) is 8.97. The van der Waals surface area contributed by atoms with Crippen LogP contribution in [0.15, 0.2) is 5.10 Å². The van der Waals surface area contributed by atoms with Crippen molar-refractivity contribution in [2.45, 2.75) is 6.29 Å². The average Bonchev–Trinajstić information content (AvgIpc) is 2.13. The first-order chi connectivity index (χ1) is 4.22. The van der Waals surface area contributed by atoms with Gasteiger partial charge in [-0.1, -0.05) is 4.48 Å². The Bertz CT molecular complexity index is 159. The molecule has 50 valence electrons. The SMILES string of the molecule is O=[N+]([O-])C1NN=CN1F. The molecule has 1 N–H and O–H groups in total. The number of nitro groups is 1. The molecule has 0 saturated heterocycles. The van der Waals surface area contributed by atoms with Crippen molar-refractivity contribution in [3.63, 3.8) is 0 Å². The molecule has 0 radical (unpaired) electrons. The van der Waals surface area contributed by atoms with Crippen molar-refractivity contribution in [1.82, 2.24) is 10.5 Å². The van der Waals surface area contributed by atoms with Crippen LogP contribution in [0.25, 0.3) is 0 Å². The molecular formula is C2H3FN4O2. The predicted octanol–water partition coefficient (Wildman–Crippen LogP) is -0.720. The first-order valence-corrected chi connectivity index (χ1v) is 2.08. The average molecular weight is 134 g/mol.